The molecule has 26 heavy (non-hydrogen) atoms. The summed E-state index contributed by atoms with van der Waals surface area (Å²) in [5.41, 5.74) is 0.854. The molecule has 1 amide bonds. The Hall–Kier alpha value is -1.88. The van der Waals surface area contributed by atoms with Crippen molar-refractivity contribution in [1.82, 2.24) is 4.90 Å². The van der Waals surface area contributed by atoms with Gasteiger partial charge in [0.2, 0.25) is 5.91 Å². The maximum atomic E-state index is 13.2. The second-order valence-corrected chi connectivity index (χ2v) is 7.85. The molecule has 1 atom stereocenters. The highest BCUT2D eigenvalue weighted by molar-refractivity contribution is 6.30. The molecule has 2 fully saturated rings. The number of rotatable bonds is 4. The molecule has 0 aromatic heterocycles. The van der Waals surface area contributed by atoms with Gasteiger partial charge < -0.3 is 15.1 Å². The van der Waals surface area contributed by atoms with Gasteiger partial charge in [0.05, 0.1) is 18.6 Å². The maximum absolute atomic E-state index is 13.2. The molecule has 5 heteroatoms. The molecule has 1 aliphatic carbocycles. The smallest absolute Gasteiger partial charge is 0.233 e. The molecule has 0 spiro atoms. The number of aliphatic hydroxyl groups excluding tert-OH is 1. The van der Waals surface area contributed by atoms with E-state index < -0.39 is 11.0 Å². The highest BCUT2D eigenvalue weighted by atomic mass is 35.5. The van der Waals surface area contributed by atoms with Crippen molar-refractivity contribution < 1.29 is 15.0 Å². The first-order chi connectivity index (χ1) is 12.5. The summed E-state index contributed by atoms with van der Waals surface area (Å²) in [6.07, 6.45) is 2.14. The summed E-state index contributed by atoms with van der Waals surface area (Å²) < 4.78 is 0. The molecule has 4 rings (SSSR count). The highest BCUT2D eigenvalue weighted by Crippen LogP contribution is 2.51. The van der Waals surface area contributed by atoms with Gasteiger partial charge in [0.1, 0.15) is 5.60 Å². The van der Waals surface area contributed by atoms with Crippen molar-refractivity contribution in [3.63, 3.8) is 0 Å². The van der Waals surface area contributed by atoms with E-state index in [1.54, 1.807) is 4.90 Å². The number of hydrogen-bond donors (Lipinski definition) is 2. The minimum absolute atomic E-state index is 0.0808. The number of halogens is 1. The van der Waals surface area contributed by atoms with E-state index in [4.69, 9.17) is 11.6 Å². The van der Waals surface area contributed by atoms with E-state index in [9.17, 15) is 15.0 Å². The third kappa shape index (κ3) is 2.82. The van der Waals surface area contributed by atoms with Crippen LogP contribution in [0.4, 0.5) is 0 Å². The van der Waals surface area contributed by atoms with Crippen molar-refractivity contribution in [2.24, 2.45) is 0 Å². The van der Waals surface area contributed by atoms with Gasteiger partial charge in [-0.3, -0.25) is 4.79 Å². The fourth-order valence-corrected chi connectivity index (χ4v) is 4.25. The number of aliphatic hydroxyl groups is 2. The Kier molecular flexibility index (Phi) is 4.30. The van der Waals surface area contributed by atoms with Gasteiger partial charge in [0.25, 0.3) is 0 Å². The summed E-state index contributed by atoms with van der Waals surface area (Å²) in [6, 6.07) is 14.8. The van der Waals surface area contributed by atoms with E-state index in [0.29, 0.717) is 29.1 Å². The standard InChI is InChI=1S/C21H22ClNO3/c22-17-7-5-16(6-8-17)20(9-10-20)19(25)23-12-11-21(26,14-23)18-4-2-1-3-15(18)13-24/h1-8,24,26H,9-14H2. The van der Waals surface area contributed by atoms with Crippen LogP contribution < -0.4 is 0 Å². The average molecular weight is 372 g/mol. The molecule has 136 valence electrons. The topological polar surface area (TPSA) is 60.8 Å². The quantitative estimate of drug-likeness (QED) is 0.868. The molecule has 2 aromatic carbocycles. The summed E-state index contributed by atoms with van der Waals surface area (Å²) in [6.45, 7) is 0.657. The molecule has 1 unspecified atom stereocenters. The van der Waals surface area contributed by atoms with Gasteiger partial charge in [0, 0.05) is 11.6 Å². The predicted octanol–water partition coefficient (Wildman–Crippen LogP) is 2.98. The number of nitrogens with zero attached hydrogens (tertiary/aromatic N) is 1. The first-order valence-corrected chi connectivity index (χ1v) is 9.33. The van der Waals surface area contributed by atoms with E-state index in [2.05, 4.69) is 0 Å². The molecule has 1 heterocycles. The minimum atomic E-state index is -1.11. The lowest BCUT2D eigenvalue weighted by Gasteiger charge is -2.28. The zero-order valence-corrected chi connectivity index (χ0v) is 15.2. The van der Waals surface area contributed by atoms with Gasteiger partial charge in [-0.05, 0) is 48.1 Å². The molecule has 0 radical (unpaired) electrons. The Bertz CT molecular complexity index is 831. The normalized spacial score (nSPS) is 23.9. The number of amides is 1. The van der Waals surface area contributed by atoms with E-state index in [1.165, 1.54) is 0 Å². The Labute approximate surface area is 158 Å². The van der Waals surface area contributed by atoms with Crippen LogP contribution in [0.3, 0.4) is 0 Å². The van der Waals surface area contributed by atoms with Crippen molar-refractivity contribution >= 4 is 17.5 Å². The molecular formula is C21H22ClNO3. The molecule has 2 N–H and O–H groups in total. The monoisotopic (exact) mass is 371 g/mol. The SMILES string of the molecule is O=C(N1CCC(O)(c2ccccc2CO)C1)C1(c2ccc(Cl)cc2)CC1. The average Bonchev–Trinajstić information content (AvgIpc) is 3.38. The Morgan fingerprint density at radius 1 is 1.08 bits per heavy atom. The van der Waals surface area contributed by atoms with Gasteiger partial charge in [-0.25, -0.2) is 0 Å². The number of β-amino-alcohol motifs (C(OH)–C–C–N with tert-alkyl or cyclic N) is 1. The highest BCUT2D eigenvalue weighted by Gasteiger charge is 2.55. The summed E-state index contributed by atoms with van der Waals surface area (Å²) in [5.74, 6) is 0.0808. The van der Waals surface area contributed by atoms with E-state index >= 15 is 0 Å². The number of benzene rings is 2. The third-order valence-electron chi connectivity index (χ3n) is 5.78. The van der Waals surface area contributed by atoms with Crippen LogP contribution in [-0.4, -0.2) is 34.1 Å². The fraction of sp³-hybridized carbons (Fsp3) is 0.381. The van der Waals surface area contributed by atoms with Crippen molar-refractivity contribution in [3.05, 3.63) is 70.2 Å². The van der Waals surface area contributed by atoms with Gasteiger partial charge in [-0.2, -0.15) is 0 Å². The van der Waals surface area contributed by atoms with Gasteiger partial charge >= 0.3 is 0 Å². The van der Waals surface area contributed by atoms with E-state index in [0.717, 1.165) is 18.4 Å². The zero-order chi connectivity index (χ0) is 18.4. The number of likely N-dealkylation sites (tertiary alicyclic amines) is 1. The van der Waals surface area contributed by atoms with Gasteiger partial charge in [-0.1, -0.05) is 48.0 Å². The molecular weight excluding hydrogens is 350 g/mol. The molecule has 0 bridgehead atoms. The van der Waals surface area contributed by atoms with Crippen molar-refractivity contribution in [1.29, 1.82) is 0 Å². The van der Waals surface area contributed by atoms with Crippen LogP contribution in [0.2, 0.25) is 5.02 Å². The van der Waals surface area contributed by atoms with Crippen molar-refractivity contribution in [2.45, 2.75) is 36.9 Å². The Morgan fingerprint density at radius 3 is 2.42 bits per heavy atom. The summed E-state index contributed by atoms with van der Waals surface area (Å²) in [7, 11) is 0. The van der Waals surface area contributed by atoms with E-state index in [1.807, 2.05) is 48.5 Å². The van der Waals surface area contributed by atoms with Crippen LogP contribution in [0, 0.1) is 0 Å². The minimum Gasteiger partial charge on any atom is -0.392 e. The van der Waals surface area contributed by atoms with Gasteiger partial charge in [0.15, 0.2) is 0 Å². The maximum Gasteiger partial charge on any atom is 0.233 e. The Balaban J connectivity index is 1.57. The molecule has 4 nitrogen and oxygen atoms in total. The van der Waals surface area contributed by atoms with Crippen LogP contribution in [0.15, 0.2) is 48.5 Å². The Morgan fingerprint density at radius 2 is 1.77 bits per heavy atom. The van der Waals surface area contributed by atoms with Crippen LogP contribution in [0.25, 0.3) is 0 Å². The first-order valence-electron chi connectivity index (χ1n) is 8.96. The molecule has 1 aliphatic heterocycles. The second-order valence-electron chi connectivity index (χ2n) is 7.41. The first kappa shape index (κ1) is 17.5. The molecule has 1 saturated carbocycles. The largest absolute Gasteiger partial charge is 0.392 e. The van der Waals surface area contributed by atoms with Crippen LogP contribution in [-0.2, 0) is 22.4 Å². The number of hydrogen-bond acceptors (Lipinski definition) is 3. The van der Waals surface area contributed by atoms with Crippen LogP contribution in [0.1, 0.15) is 36.0 Å². The van der Waals surface area contributed by atoms with Crippen LogP contribution in [0.5, 0.6) is 0 Å². The molecule has 1 saturated heterocycles. The summed E-state index contributed by atoms with van der Waals surface area (Å²) >= 11 is 5.97. The van der Waals surface area contributed by atoms with Gasteiger partial charge in [-0.15, -0.1) is 0 Å². The van der Waals surface area contributed by atoms with E-state index in [-0.39, 0.29) is 19.1 Å². The summed E-state index contributed by atoms with van der Waals surface area (Å²) in [4.78, 5) is 15.0. The lowest BCUT2D eigenvalue weighted by Crippen LogP contribution is -2.40. The lowest BCUT2D eigenvalue weighted by atomic mass is 9.89. The van der Waals surface area contributed by atoms with Crippen molar-refractivity contribution in [3.8, 4) is 0 Å². The second kappa shape index (κ2) is 6.38. The lowest BCUT2D eigenvalue weighted by molar-refractivity contribution is -0.134. The van der Waals surface area contributed by atoms with Crippen molar-refractivity contribution in [2.75, 3.05) is 13.1 Å². The third-order valence-corrected chi connectivity index (χ3v) is 6.03. The van der Waals surface area contributed by atoms with Crippen LogP contribution >= 0.6 is 11.6 Å². The molecule has 2 aliphatic rings. The zero-order valence-electron chi connectivity index (χ0n) is 14.5. The predicted molar refractivity (Wildman–Crippen MR) is 99.8 cm³/mol. The number of carbonyl (C=O) groups is 1. The molecule has 2 aromatic rings. The fourth-order valence-electron chi connectivity index (χ4n) is 4.12. The summed E-state index contributed by atoms with van der Waals surface area (Å²) in [5, 5.41) is 21.4. The number of carbonyl (C=O) groups excluding carboxylic acids is 1.